The van der Waals surface area contributed by atoms with Gasteiger partial charge in [-0.15, -0.1) is 0 Å². The highest BCUT2D eigenvalue weighted by atomic mass is 16.3. The smallest absolute Gasteiger partial charge is 0.0695 e. The maximum Gasteiger partial charge on any atom is 0.0695 e. The van der Waals surface area contributed by atoms with Gasteiger partial charge in [0.15, 0.2) is 0 Å². The molecule has 0 spiro atoms. The van der Waals surface area contributed by atoms with Gasteiger partial charge in [-0.3, -0.25) is 0 Å². The largest absolute Gasteiger partial charge is 0.392 e. The van der Waals surface area contributed by atoms with Crippen molar-refractivity contribution >= 4 is 0 Å². The molecular formula is C16H31NO. The number of nitrogens with zero attached hydrogens (tertiary/aromatic N) is 1. The van der Waals surface area contributed by atoms with Crippen molar-refractivity contribution in [1.29, 1.82) is 0 Å². The van der Waals surface area contributed by atoms with Gasteiger partial charge in [0.1, 0.15) is 0 Å². The second-order valence-electron chi connectivity index (χ2n) is 6.47. The van der Waals surface area contributed by atoms with E-state index < -0.39 is 0 Å². The number of hydrogen-bond acceptors (Lipinski definition) is 2. The Morgan fingerprint density at radius 1 is 1.00 bits per heavy atom. The summed E-state index contributed by atoms with van der Waals surface area (Å²) in [5.74, 6) is 1.52. The fourth-order valence-corrected chi connectivity index (χ4v) is 3.75. The maximum absolute atomic E-state index is 10.4. The Morgan fingerprint density at radius 3 is 2.50 bits per heavy atom. The van der Waals surface area contributed by atoms with Crippen LogP contribution < -0.4 is 0 Å². The third kappa shape index (κ3) is 4.24. The molecule has 106 valence electrons. The third-order valence-electron chi connectivity index (χ3n) is 5.16. The zero-order chi connectivity index (χ0) is 12.8. The number of aliphatic hydroxyl groups is 1. The number of likely N-dealkylation sites (tertiary alicyclic amines) is 1. The van der Waals surface area contributed by atoms with Crippen molar-refractivity contribution in [3.05, 3.63) is 0 Å². The Morgan fingerprint density at radius 2 is 1.78 bits per heavy atom. The molecular weight excluding hydrogens is 222 g/mol. The molecule has 0 aromatic heterocycles. The van der Waals surface area contributed by atoms with E-state index in [1.54, 1.807) is 0 Å². The second kappa shape index (κ2) is 7.49. The lowest BCUT2D eigenvalue weighted by Gasteiger charge is -2.30. The fourth-order valence-electron chi connectivity index (χ4n) is 3.75. The fraction of sp³-hybridized carbons (Fsp3) is 1.00. The molecule has 1 saturated heterocycles. The lowest BCUT2D eigenvalue weighted by Crippen LogP contribution is -2.38. The van der Waals surface area contributed by atoms with Crippen molar-refractivity contribution in [1.82, 2.24) is 4.90 Å². The van der Waals surface area contributed by atoms with Crippen LogP contribution in [0.2, 0.25) is 0 Å². The van der Waals surface area contributed by atoms with Crippen LogP contribution in [-0.2, 0) is 0 Å². The van der Waals surface area contributed by atoms with Gasteiger partial charge in [0, 0.05) is 6.54 Å². The summed E-state index contributed by atoms with van der Waals surface area (Å²) in [6.07, 6.45) is 11.9. The highest BCUT2D eigenvalue weighted by Gasteiger charge is 2.24. The van der Waals surface area contributed by atoms with Crippen LogP contribution in [0.5, 0.6) is 0 Å². The SMILES string of the molecule is CCC1CCCN(CC(O)C2CCCCC2)CC1. The summed E-state index contributed by atoms with van der Waals surface area (Å²) >= 11 is 0. The first-order valence-corrected chi connectivity index (χ1v) is 8.20. The monoisotopic (exact) mass is 253 g/mol. The second-order valence-corrected chi connectivity index (χ2v) is 6.47. The molecule has 2 heteroatoms. The van der Waals surface area contributed by atoms with Gasteiger partial charge < -0.3 is 10.0 Å². The van der Waals surface area contributed by atoms with Gasteiger partial charge in [0.2, 0.25) is 0 Å². The van der Waals surface area contributed by atoms with Crippen LogP contribution in [0.3, 0.4) is 0 Å². The van der Waals surface area contributed by atoms with Gasteiger partial charge >= 0.3 is 0 Å². The molecule has 2 fully saturated rings. The number of aliphatic hydroxyl groups excluding tert-OH is 1. The van der Waals surface area contributed by atoms with E-state index in [0.717, 1.165) is 12.5 Å². The van der Waals surface area contributed by atoms with Crippen LogP contribution >= 0.6 is 0 Å². The van der Waals surface area contributed by atoms with Crippen molar-refractivity contribution in [2.75, 3.05) is 19.6 Å². The Kier molecular flexibility index (Phi) is 5.97. The molecule has 0 radical (unpaired) electrons. The van der Waals surface area contributed by atoms with E-state index in [2.05, 4.69) is 11.8 Å². The van der Waals surface area contributed by atoms with Crippen LogP contribution in [0.1, 0.15) is 64.7 Å². The highest BCUT2D eigenvalue weighted by molar-refractivity contribution is 4.78. The van der Waals surface area contributed by atoms with Gasteiger partial charge in [-0.25, -0.2) is 0 Å². The minimum absolute atomic E-state index is 0.0662. The van der Waals surface area contributed by atoms with Crippen molar-refractivity contribution in [2.45, 2.75) is 70.8 Å². The zero-order valence-corrected chi connectivity index (χ0v) is 12.1. The molecule has 2 unspecified atom stereocenters. The molecule has 2 nitrogen and oxygen atoms in total. The van der Waals surface area contributed by atoms with E-state index in [0.29, 0.717) is 5.92 Å². The molecule has 0 aromatic carbocycles. The molecule has 2 aliphatic rings. The molecule has 0 amide bonds. The van der Waals surface area contributed by atoms with Gasteiger partial charge in [-0.1, -0.05) is 32.6 Å². The maximum atomic E-state index is 10.4. The average Bonchev–Trinajstić information content (AvgIpc) is 2.65. The van der Waals surface area contributed by atoms with E-state index in [4.69, 9.17) is 0 Å². The molecule has 0 aromatic rings. The number of hydrogen-bond donors (Lipinski definition) is 1. The normalized spacial score (nSPS) is 30.0. The van der Waals surface area contributed by atoms with Gasteiger partial charge in [0.05, 0.1) is 6.10 Å². The lowest BCUT2D eigenvalue weighted by atomic mass is 9.85. The van der Waals surface area contributed by atoms with Crippen LogP contribution in [0.15, 0.2) is 0 Å². The molecule has 0 bridgehead atoms. The zero-order valence-electron chi connectivity index (χ0n) is 12.1. The summed E-state index contributed by atoms with van der Waals surface area (Å²) in [7, 11) is 0. The Bertz CT molecular complexity index is 225. The van der Waals surface area contributed by atoms with Crippen LogP contribution in [0.25, 0.3) is 0 Å². The summed E-state index contributed by atoms with van der Waals surface area (Å²) in [5, 5.41) is 10.4. The first-order chi connectivity index (χ1) is 8.79. The van der Waals surface area contributed by atoms with Crippen molar-refractivity contribution in [3.8, 4) is 0 Å². The van der Waals surface area contributed by atoms with Gasteiger partial charge in [0.25, 0.3) is 0 Å². The predicted octanol–water partition coefficient (Wildman–Crippen LogP) is 3.44. The molecule has 1 aliphatic carbocycles. The number of β-amino-alcohol motifs (C(OH)–C–C–N with tert-alkyl or cyclic N) is 1. The summed E-state index contributed by atoms with van der Waals surface area (Å²) in [4.78, 5) is 2.52. The Balaban J connectivity index is 1.74. The molecule has 2 rings (SSSR count). The van der Waals surface area contributed by atoms with Gasteiger partial charge in [-0.05, 0) is 57.0 Å². The highest BCUT2D eigenvalue weighted by Crippen LogP contribution is 2.27. The van der Waals surface area contributed by atoms with E-state index >= 15 is 0 Å². The van der Waals surface area contributed by atoms with Crippen LogP contribution in [-0.4, -0.2) is 35.7 Å². The van der Waals surface area contributed by atoms with Crippen LogP contribution in [0, 0.1) is 11.8 Å². The van der Waals surface area contributed by atoms with Crippen molar-refractivity contribution in [2.24, 2.45) is 11.8 Å². The molecule has 1 heterocycles. The van der Waals surface area contributed by atoms with E-state index in [1.165, 1.54) is 70.9 Å². The van der Waals surface area contributed by atoms with E-state index in [9.17, 15) is 5.11 Å². The summed E-state index contributed by atoms with van der Waals surface area (Å²) in [6.45, 7) is 5.67. The Labute approximate surface area is 113 Å². The standard InChI is InChI=1S/C16H31NO/c1-2-14-7-6-11-17(12-10-14)13-16(18)15-8-4-3-5-9-15/h14-16,18H,2-13H2,1H3. The molecule has 1 saturated carbocycles. The lowest BCUT2D eigenvalue weighted by molar-refractivity contribution is 0.0483. The summed E-state index contributed by atoms with van der Waals surface area (Å²) < 4.78 is 0. The molecule has 18 heavy (non-hydrogen) atoms. The van der Waals surface area contributed by atoms with Crippen molar-refractivity contribution in [3.63, 3.8) is 0 Å². The molecule has 1 N–H and O–H groups in total. The van der Waals surface area contributed by atoms with E-state index in [-0.39, 0.29) is 6.10 Å². The summed E-state index contributed by atoms with van der Waals surface area (Å²) in [6, 6.07) is 0. The third-order valence-corrected chi connectivity index (χ3v) is 5.16. The van der Waals surface area contributed by atoms with Gasteiger partial charge in [-0.2, -0.15) is 0 Å². The first kappa shape index (κ1) is 14.3. The van der Waals surface area contributed by atoms with Crippen molar-refractivity contribution < 1.29 is 5.11 Å². The molecule has 2 atom stereocenters. The minimum atomic E-state index is -0.0662. The predicted molar refractivity (Wildman–Crippen MR) is 76.7 cm³/mol. The average molecular weight is 253 g/mol. The minimum Gasteiger partial charge on any atom is -0.392 e. The summed E-state index contributed by atoms with van der Waals surface area (Å²) in [5.41, 5.74) is 0. The topological polar surface area (TPSA) is 23.5 Å². The first-order valence-electron chi connectivity index (χ1n) is 8.20. The Hall–Kier alpha value is -0.0800. The molecule has 1 aliphatic heterocycles. The quantitative estimate of drug-likeness (QED) is 0.829. The number of rotatable bonds is 4. The van der Waals surface area contributed by atoms with Crippen LogP contribution in [0.4, 0.5) is 0 Å². The van der Waals surface area contributed by atoms with E-state index in [1.807, 2.05) is 0 Å².